The number of benzene rings is 2. The SMILES string of the molecule is COc1ccc(-c2ccc3nc(N)nc(N4CCC(O)CC4c4ccc(Cl)cc4)c3n2)cc1OC. The first-order valence-corrected chi connectivity index (χ1v) is 11.7. The lowest BCUT2D eigenvalue weighted by Gasteiger charge is -2.39. The van der Waals surface area contributed by atoms with Crippen molar-refractivity contribution in [2.45, 2.75) is 25.0 Å². The average molecular weight is 492 g/mol. The van der Waals surface area contributed by atoms with Gasteiger partial charge < -0.3 is 25.2 Å². The van der Waals surface area contributed by atoms with Gasteiger partial charge in [0.1, 0.15) is 5.52 Å². The molecule has 0 bridgehead atoms. The van der Waals surface area contributed by atoms with Crippen molar-refractivity contribution in [3.8, 4) is 22.8 Å². The van der Waals surface area contributed by atoms with E-state index in [0.717, 1.165) is 16.8 Å². The van der Waals surface area contributed by atoms with E-state index in [1.54, 1.807) is 14.2 Å². The third kappa shape index (κ3) is 4.54. The Morgan fingerprint density at radius 1 is 0.971 bits per heavy atom. The molecule has 3 heterocycles. The number of aliphatic hydroxyl groups excluding tert-OH is 1. The smallest absolute Gasteiger partial charge is 0.222 e. The Hall–Kier alpha value is -3.62. The number of aromatic nitrogens is 3. The summed E-state index contributed by atoms with van der Waals surface area (Å²) in [6.45, 7) is 0.599. The molecular formula is C26H26ClN5O3. The van der Waals surface area contributed by atoms with Crippen LogP contribution in [0.1, 0.15) is 24.4 Å². The third-order valence-corrected chi connectivity index (χ3v) is 6.57. The third-order valence-electron chi connectivity index (χ3n) is 6.32. The fraction of sp³-hybridized carbons (Fsp3) is 0.269. The lowest BCUT2D eigenvalue weighted by Crippen LogP contribution is -2.39. The highest BCUT2D eigenvalue weighted by Gasteiger charge is 2.31. The van der Waals surface area contributed by atoms with Crippen molar-refractivity contribution in [3.05, 3.63) is 65.2 Å². The summed E-state index contributed by atoms with van der Waals surface area (Å²) >= 11 is 6.12. The fourth-order valence-corrected chi connectivity index (χ4v) is 4.70. The maximum atomic E-state index is 10.5. The zero-order chi connectivity index (χ0) is 24.5. The first-order valence-electron chi connectivity index (χ1n) is 11.3. The molecule has 1 aliphatic heterocycles. The number of piperidine rings is 1. The monoisotopic (exact) mass is 491 g/mol. The van der Waals surface area contributed by atoms with Crippen LogP contribution in [-0.2, 0) is 0 Å². The number of halogens is 1. The molecule has 0 radical (unpaired) electrons. The van der Waals surface area contributed by atoms with Crippen LogP contribution < -0.4 is 20.1 Å². The number of hydrogen-bond acceptors (Lipinski definition) is 8. The van der Waals surface area contributed by atoms with E-state index in [0.29, 0.717) is 52.8 Å². The van der Waals surface area contributed by atoms with Gasteiger partial charge >= 0.3 is 0 Å². The molecule has 2 aromatic carbocycles. The summed E-state index contributed by atoms with van der Waals surface area (Å²) in [5.41, 5.74) is 10.1. The van der Waals surface area contributed by atoms with Crippen molar-refractivity contribution in [2.75, 3.05) is 31.4 Å². The molecule has 1 fully saturated rings. The maximum Gasteiger partial charge on any atom is 0.222 e. The van der Waals surface area contributed by atoms with Gasteiger partial charge in [0.25, 0.3) is 0 Å². The van der Waals surface area contributed by atoms with Gasteiger partial charge in [-0.1, -0.05) is 23.7 Å². The molecule has 1 saturated heterocycles. The summed E-state index contributed by atoms with van der Waals surface area (Å²) in [5, 5.41) is 11.1. The molecule has 4 aromatic rings. The lowest BCUT2D eigenvalue weighted by molar-refractivity contribution is 0.128. The predicted molar refractivity (Wildman–Crippen MR) is 137 cm³/mol. The average Bonchev–Trinajstić information content (AvgIpc) is 2.88. The quantitative estimate of drug-likeness (QED) is 0.415. The highest BCUT2D eigenvalue weighted by atomic mass is 35.5. The van der Waals surface area contributed by atoms with Crippen LogP contribution in [0.4, 0.5) is 11.8 Å². The number of hydrogen-bond donors (Lipinski definition) is 2. The van der Waals surface area contributed by atoms with Crippen molar-refractivity contribution in [3.63, 3.8) is 0 Å². The van der Waals surface area contributed by atoms with Crippen molar-refractivity contribution in [2.24, 2.45) is 0 Å². The van der Waals surface area contributed by atoms with E-state index in [9.17, 15) is 5.11 Å². The number of fused-ring (bicyclic) bond motifs is 1. The first-order chi connectivity index (χ1) is 17.0. The van der Waals surface area contributed by atoms with Crippen molar-refractivity contribution < 1.29 is 14.6 Å². The molecule has 180 valence electrons. The van der Waals surface area contributed by atoms with Crippen molar-refractivity contribution >= 4 is 34.4 Å². The van der Waals surface area contributed by atoms with E-state index in [1.807, 2.05) is 54.6 Å². The van der Waals surface area contributed by atoms with Gasteiger partial charge in [-0.05, 0) is 60.9 Å². The molecular weight excluding hydrogens is 466 g/mol. The van der Waals surface area contributed by atoms with Crippen LogP contribution >= 0.6 is 11.6 Å². The van der Waals surface area contributed by atoms with Crippen LogP contribution in [0.15, 0.2) is 54.6 Å². The highest BCUT2D eigenvalue weighted by Crippen LogP contribution is 2.38. The maximum absolute atomic E-state index is 10.5. The molecule has 5 rings (SSSR count). The number of ether oxygens (including phenoxy) is 2. The Morgan fingerprint density at radius 3 is 2.49 bits per heavy atom. The second-order valence-corrected chi connectivity index (χ2v) is 8.91. The zero-order valence-electron chi connectivity index (χ0n) is 19.5. The van der Waals surface area contributed by atoms with Crippen molar-refractivity contribution in [1.29, 1.82) is 0 Å². The molecule has 2 unspecified atom stereocenters. The van der Waals surface area contributed by atoms with Crippen LogP contribution in [-0.4, -0.2) is 46.9 Å². The minimum atomic E-state index is -0.410. The number of aliphatic hydroxyl groups is 1. The van der Waals surface area contributed by atoms with E-state index >= 15 is 0 Å². The molecule has 8 nitrogen and oxygen atoms in total. The number of nitrogens with zero attached hydrogens (tertiary/aromatic N) is 4. The molecule has 9 heteroatoms. The summed E-state index contributed by atoms with van der Waals surface area (Å²) < 4.78 is 10.8. The number of nitrogens with two attached hydrogens (primary N) is 1. The minimum Gasteiger partial charge on any atom is -0.493 e. The van der Waals surface area contributed by atoms with Gasteiger partial charge in [-0.2, -0.15) is 4.98 Å². The van der Waals surface area contributed by atoms with E-state index in [-0.39, 0.29) is 12.0 Å². The Bertz CT molecular complexity index is 1370. The van der Waals surface area contributed by atoms with Gasteiger partial charge in [-0.3, -0.25) is 0 Å². The second-order valence-electron chi connectivity index (χ2n) is 8.48. The normalized spacial score (nSPS) is 18.0. The van der Waals surface area contributed by atoms with Gasteiger partial charge in [-0.15, -0.1) is 0 Å². The molecule has 1 aliphatic rings. The van der Waals surface area contributed by atoms with E-state index < -0.39 is 6.10 Å². The fourth-order valence-electron chi connectivity index (χ4n) is 4.57. The molecule has 0 aliphatic carbocycles. The number of rotatable bonds is 5. The molecule has 0 spiro atoms. The Balaban J connectivity index is 1.63. The van der Waals surface area contributed by atoms with Crippen LogP contribution in [0.25, 0.3) is 22.3 Å². The van der Waals surface area contributed by atoms with E-state index in [2.05, 4.69) is 14.9 Å². The van der Waals surface area contributed by atoms with Crippen molar-refractivity contribution in [1.82, 2.24) is 15.0 Å². The van der Waals surface area contributed by atoms with Crippen LogP contribution in [0.5, 0.6) is 11.5 Å². The summed E-state index contributed by atoms with van der Waals surface area (Å²) in [5.74, 6) is 2.08. The van der Waals surface area contributed by atoms with Crippen LogP contribution in [0.2, 0.25) is 5.02 Å². The number of nitrogen functional groups attached to an aromatic ring is 1. The van der Waals surface area contributed by atoms with Gasteiger partial charge in [0, 0.05) is 17.1 Å². The summed E-state index contributed by atoms with van der Waals surface area (Å²) in [4.78, 5) is 16.1. The molecule has 35 heavy (non-hydrogen) atoms. The van der Waals surface area contributed by atoms with Gasteiger partial charge in [0.2, 0.25) is 5.95 Å². The second kappa shape index (κ2) is 9.56. The Labute approximate surface area is 208 Å². The van der Waals surface area contributed by atoms with Gasteiger partial charge in [0.05, 0.1) is 37.6 Å². The van der Waals surface area contributed by atoms with E-state index in [4.69, 9.17) is 31.8 Å². The Morgan fingerprint density at radius 2 is 1.74 bits per heavy atom. The topological polar surface area (TPSA) is 107 Å². The molecule has 0 amide bonds. The predicted octanol–water partition coefficient (Wildman–Crippen LogP) is 4.65. The number of methoxy groups -OCH3 is 2. The van der Waals surface area contributed by atoms with Gasteiger partial charge in [0.15, 0.2) is 17.3 Å². The highest BCUT2D eigenvalue weighted by molar-refractivity contribution is 6.30. The molecule has 2 aromatic heterocycles. The van der Waals surface area contributed by atoms with Crippen LogP contribution in [0.3, 0.4) is 0 Å². The largest absolute Gasteiger partial charge is 0.493 e. The van der Waals surface area contributed by atoms with Crippen LogP contribution in [0, 0.1) is 0 Å². The minimum absolute atomic E-state index is 0.111. The summed E-state index contributed by atoms with van der Waals surface area (Å²) in [6.07, 6.45) is 0.764. The standard InChI is InChI=1S/C26H26ClN5O3/c1-34-22-10-5-16(13-23(22)35-2)19-8-9-20-24(29-19)25(31-26(28)30-20)32-12-11-18(33)14-21(32)15-3-6-17(27)7-4-15/h3-10,13,18,21,33H,11-12,14H2,1-2H3,(H2,28,30,31). The number of pyridine rings is 1. The lowest BCUT2D eigenvalue weighted by atomic mass is 9.93. The molecule has 3 N–H and O–H groups in total. The zero-order valence-corrected chi connectivity index (χ0v) is 20.2. The van der Waals surface area contributed by atoms with Gasteiger partial charge in [-0.25, -0.2) is 9.97 Å². The summed E-state index contributed by atoms with van der Waals surface area (Å²) in [6, 6.07) is 17.0. The first kappa shape index (κ1) is 23.1. The number of anilines is 2. The summed E-state index contributed by atoms with van der Waals surface area (Å²) in [7, 11) is 3.21. The molecule has 2 atom stereocenters. The Kier molecular flexibility index (Phi) is 6.32. The van der Waals surface area contributed by atoms with E-state index in [1.165, 1.54) is 0 Å². The molecule has 0 saturated carbocycles.